The molecular weight excluding hydrogens is 235 g/mol. The highest BCUT2D eigenvalue weighted by atomic mass is 19.1. The van der Waals surface area contributed by atoms with Crippen molar-refractivity contribution in [2.75, 3.05) is 33.8 Å². The van der Waals surface area contributed by atoms with Crippen molar-refractivity contribution < 1.29 is 13.9 Å². The number of Topliss-reactive ketones (excluding diaryl/α,β-unsaturated/α-hetero) is 1. The molecule has 1 atom stereocenters. The van der Waals surface area contributed by atoms with Gasteiger partial charge in [0, 0.05) is 19.6 Å². The van der Waals surface area contributed by atoms with Gasteiger partial charge in [-0.05, 0) is 25.2 Å². The highest BCUT2D eigenvalue weighted by Crippen LogP contribution is 2.21. The topological polar surface area (TPSA) is 41.6 Å². The molecule has 1 aliphatic rings. The summed E-state index contributed by atoms with van der Waals surface area (Å²) in [7, 11) is 3.44. The van der Waals surface area contributed by atoms with Crippen LogP contribution in [0, 0.1) is 5.82 Å². The van der Waals surface area contributed by atoms with E-state index in [0.717, 1.165) is 13.1 Å². The van der Waals surface area contributed by atoms with E-state index in [1.165, 1.54) is 25.3 Å². The van der Waals surface area contributed by atoms with E-state index in [1.54, 1.807) is 0 Å². The molecule has 5 heteroatoms. The number of carbonyl (C=O) groups excluding carboxylic acids is 1. The van der Waals surface area contributed by atoms with E-state index in [2.05, 4.69) is 10.2 Å². The van der Waals surface area contributed by atoms with Crippen LogP contribution in [0.3, 0.4) is 0 Å². The lowest BCUT2D eigenvalue weighted by molar-refractivity contribution is 0.0891. The lowest BCUT2D eigenvalue weighted by Crippen LogP contribution is -2.52. The highest BCUT2D eigenvalue weighted by Gasteiger charge is 2.26. The normalized spacial score (nSPS) is 20.7. The van der Waals surface area contributed by atoms with Gasteiger partial charge < -0.3 is 15.0 Å². The van der Waals surface area contributed by atoms with Gasteiger partial charge in [-0.1, -0.05) is 0 Å². The molecule has 1 aliphatic heterocycles. The number of nitrogens with one attached hydrogen (secondary N) is 1. The van der Waals surface area contributed by atoms with Gasteiger partial charge in [-0.3, -0.25) is 4.79 Å². The number of methoxy groups -OCH3 is 1. The Hall–Kier alpha value is -1.46. The zero-order valence-electron chi connectivity index (χ0n) is 10.6. The van der Waals surface area contributed by atoms with Gasteiger partial charge in [0.15, 0.2) is 5.78 Å². The number of ketones is 1. The van der Waals surface area contributed by atoms with Crippen LogP contribution in [0.1, 0.15) is 10.4 Å². The lowest BCUT2D eigenvalue weighted by Gasteiger charge is -2.30. The van der Waals surface area contributed by atoms with Crippen LogP contribution >= 0.6 is 0 Å². The summed E-state index contributed by atoms with van der Waals surface area (Å²) in [6, 6.07) is 3.70. The van der Waals surface area contributed by atoms with Crippen LogP contribution in [0.5, 0.6) is 5.75 Å². The molecule has 1 N–H and O–H groups in total. The quantitative estimate of drug-likeness (QED) is 0.812. The van der Waals surface area contributed by atoms with Crippen molar-refractivity contribution in [2.45, 2.75) is 6.04 Å². The van der Waals surface area contributed by atoms with Gasteiger partial charge in [-0.2, -0.15) is 0 Å². The summed E-state index contributed by atoms with van der Waals surface area (Å²) in [4.78, 5) is 14.4. The third-order valence-corrected chi connectivity index (χ3v) is 3.12. The number of hydrogen-bond acceptors (Lipinski definition) is 4. The number of carbonyl (C=O) groups is 1. The standard InChI is InChI=1S/C13H17FN2O2/c1-16-6-5-15-11(8-16)13(17)10-7-9(14)3-4-12(10)18-2/h3-4,7,11,15H,5-6,8H2,1-2H3. The molecule has 1 heterocycles. The summed E-state index contributed by atoms with van der Waals surface area (Å²) in [6.07, 6.45) is 0. The molecule has 0 aromatic heterocycles. The summed E-state index contributed by atoms with van der Waals surface area (Å²) < 4.78 is 18.4. The number of likely N-dealkylation sites (N-methyl/N-ethyl adjacent to an activating group) is 1. The van der Waals surface area contributed by atoms with Crippen LogP contribution in [0.25, 0.3) is 0 Å². The first-order valence-electron chi connectivity index (χ1n) is 5.91. The van der Waals surface area contributed by atoms with Crippen molar-refractivity contribution in [3.05, 3.63) is 29.6 Å². The molecule has 0 radical (unpaired) electrons. The molecule has 0 amide bonds. The number of halogens is 1. The van der Waals surface area contributed by atoms with Gasteiger partial charge in [0.25, 0.3) is 0 Å². The SMILES string of the molecule is COc1ccc(F)cc1C(=O)C1CN(C)CCN1. The van der Waals surface area contributed by atoms with E-state index in [0.29, 0.717) is 17.9 Å². The van der Waals surface area contributed by atoms with Crippen LogP contribution < -0.4 is 10.1 Å². The first-order chi connectivity index (χ1) is 8.61. The molecule has 0 bridgehead atoms. The molecule has 4 nitrogen and oxygen atoms in total. The van der Waals surface area contributed by atoms with Gasteiger partial charge in [0.2, 0.25) is 0 Å². The van der Waals surface area contributed by atoms with Gasteiger partial charge in [0.05, 0.1) is 18.7 Å². The monoisotopic (exact) mass is 252 g/mol. The van der Waals surface area contributed by atoms with E-state index in [1.807, 2.05) is 7.05 Å². The maximum absolute atomic E-state index is 13.2. The predicted octanol–water partition coefficient (Wildman–Crippen LogP) is 0.921. The van der Waals surface area contributed by atoms with Crippen LogP contribution in [0.15, 0.2) is 18.2 Å². The van der Waals surface area contributed by atoms with Crippen molar-refractivity contribution in [1.29, 1.82) is 0 Å². The summed E-state index contributed by atoms with van der Waals surface area (Å²) in [6.45, 7) is 2.28. The number of benzene rings is 1. The third-order valence-electron chi connectivity index (χ3n) is 3.12. The average molecular weight is 252 g/mol. The predicted molar refractivity (Wildman–Crippen MR) is 66.6 cm³/mol. The minimum Gasteiger partial charge on any atom is -0.496 e. The molecule has 18 heavy (non-hydrogen) atoms. The number of rotatable bonds is 3. The van der Waals surface area contributed by atoms with Crippen LogP contribution in [0.4, 0.5) is 4.39 Å². The molecule has 98 valence electrons. The van der Waals surface area contributed by atoms with Crippen molar-refractivity contribution in [3.63, 3.8) is 0 Å². The molecular formula is C13H17FN2O2. The molecule has 1 fully saturated rings. The second kappa shape index (κ2) is 5.46. The Morgan fingerprint density at radius 2 is 2.33 bits per heavy atom. The fourth-order valence-electron chi connectivity index (χ4n) is 2.13. The van der Waals surface area contributed by atoms with E-state index in [9.17, 15) is 9.18 Å². The first kappa shape index (κ1) is 13.0. The smallest absolute Gasteiger partial charge is 0.184 e. The molecule has 1 aromatic rings. The Labute approximate surface area is 106 Å². The first-order valence-corrected chi connectivity index (χ1v) is 5.91. The number of nitrogens with zero attached hydrogens (tertiary/aromatic N) is 1. The second-order valence-electron chi connectivity index (χ2n) is 4.48. The minimum absolute atomic E-state index is 0.127. The Kier molecular flexibility index (Phi) is 3.93. The van der Waals surface area contributed by atoms with Crippen molar-refractivity contribution in [1.82, 2.24) is 10.2 Å². The van der Waals surface area contributed by atoms with Gasteiger partial charge in [0.1, 0.15) is 11.6 Å². The number of ether oxygens (including phenoxy) is 1. The van der Waals surface area contributed by atoms with Gasteiger partial charge in [-0.15, -0.1) is 0 Å². The fraction of sp³-hybridized carbons (Fsp3) is 0.462. The third kappa shape index (κ3) is 2.68. The van der Waals surface area contributed by atoms with Gasteiger partial charge in [-0.25, -0.2) is 4.39 Å². The van der Waals surface area contributed by atoms with E-state index in [4.69, 9.17) is 4.74 Å². The Morgan fingerprint density at radius 1 is 1.56 bits per heavy atom. The number of piperazine rings is 1. The highest BCUT2D eigenvalue weighted by molar-refractivity contribution is 6.02. The molecule has 1 unspecified atom stereocenters. The zero-order valence-corrected chi connectivity index (χ0v) is 10.6. The molecule has 0 spiro atoms. The summed E-state index contributed by atoms with van der Waals surface area (Å²) in [5, 5.41) is 3.15. The Morgan fingerprint density at radius 3 is 3.00 bits per heavy atom. The minimum atomic E-state index is -0.427. The van der Waals surface area contributed by atoms with E-state index in [-0.39, 0.29) is 11.8 Å². The molecule has 0 aliphatic carbocycles. The summed E-state index contributed by atoms with van der Waals surface area (Å²) >= 11 is 0. The van der Waals surface area contributed by atoms with Crippen molar-refractivity contribution in [2.24, 2.45) is 0 Å². The Bertz CT molecular complexity index is 451. The molecule has 1 saturated heterocycles. The maximum Gasteiger partial charge on any atom is 0.184 e. The van der Waals surface area contributed by atoms with Crippen molar-refractivity contribution in [3.8, 4) is 5.75 Å². The van der Waals surface area contributed by atoms with E-state index < -0.39 is 5.82 Å². The number of hydrogen-bond donors (Lipinski definition) is 1. The maximum atomic E-state index is 13.2. The van der Waals surface area contributed by atoms with Gasteiger partial charge >= 0.3 is 0 Å². The summed E-state index contributed by atoms with van der Waals surface area (Å²) in [5.74, 6) is -0.141. The molecule has 2 rings (SSSR count). The zero-order chi connectivity index (χ0) is 13.1. The molecule has 0 saturated carbocycles. The van der Waals surface area contributed by atoms with Crippen LogP contribution in [-0.2, 0) is 0 Å². The van der Waals surface area contributed by atoms with Crippen LogP contribution in [0.2, 0.25) is 0 Å². The Balaban J connectivity index is 2.24. The van der Waals surface area contributed by atoms with Crippen molar-refractivity contribution >= 4 is 5.78 Å². The fourth-order valence-corrected chi connectivity index (χ4v) is 2.13. The lowest BCUT2D eigenvalue weighted by atomic mass is 10.0. The largest absolute Gasteiger partial charge is 0.496 e. The summed E-state index contributed by atoms with van der Waals surface area (Å²) in [5.41, 5.74) is 0.297. The second-order valence-corrected chi connectivity index (χ2v) is 4.48. The van der Waals surface area contributed by atoms with E-state index >= 15 is 0 Å². The average Bonchev–Trinajstić information content (AvgIpc) is 2.38. The molecule has 1 aromatic carbocycles. The van der Waals surface area contributed by atoms with Crippen LogP contribution in [-0.4, -0.2) is 50.5 Å².